The monoisotopic (exact) mass is 298 g/mol. The van der Waals surface area contributed by atoms with Crippen LogP contribution in [0.1, 0.15) is 18.4 Å². The first-order valence-electron chi connectivity index (χ1n) is 5.97. The zero-order valence-electron chi connectivity index (χ0n) is 10.1. The van der Waals surface area contributed by atoms with E-state index in [2.05, 4.69) is 46.4 Å². The van der Waals surface area contributed by atoms with Gasteiger partial charge in [0, 0.05) is 23.3 Å². The average Bonchev–Trinajstić information content (AvgIpc) is 2.29. The van der Waals surface area contributed by atoms with Crippen LogP contribution in [-0.4, -0.2) is 25.3 Å². The van der Waals surface area contributed by atoms with Crippen LogP contribution in [-0.2, 0) is 4.74 Å². The van der Waals surface area contributed by atoms with Crippen LogP contribution in [0.25, 0.3) is 0 Å². The molecule has 1 aliphatic rings. The van der Waals surface area contributed by atoms with Gasteiger partial charge in [-0.2, -0.15) is 0 Å². The molecule has 1 aromatic rings. The lowest BCUT2D eigenvalue weighted by atomic mass is 9.92. The highest BCUT2D eigenvalue weighted by Gasteiger charge is 2.31. The van der Waals surface area contributed by atoms with Crippen LogP contribution >= 0.6 is 15.9 Å². The number of nitrogens with one attached hydrogen (secondary N) is 1. The van der Waals surface area contributed by atoms with E-state index >= 15 is 0 Å². The second-order valence-corrected chi connectivity index (χ2v) is 5.70. The molecule has 1 heterocycles. The van der Waals surface area contributed by atoms with Gasteiger partial charge in [0.15, 0.2) is 0 Å². The molecule has 1 fully saturated rings. The molecule has 17 heavy (non-hydrogen) atoms. The summed E-state index contributed by atoms with van der Waals surface area (Å²) in [5.74, 6) is 0. The van der Waals surface area contributed by atoms with Crippen LogP contribution in [0.4, 0.5) is 5.69 Å². The van der Waals surface area contributed by atoms with Crippen molar-refractivity contribution in [2.24, 2.45) is 5.73 Å². The van der Waals surface area contributed by atoms with E-state index in [1.54, 1.807) is 0 Å². The fraction of sp³-hybridized carbons (Fsp3) is 0.538. The van der Waals surface area contributed by atoms with E-state index in [4.69, 9.17) is 10.5 Å². The predicted molar refractivity (Wildman–Crippen MR) is 74.3 cm³/mol. The molecule has 0 amide bonds. The molecule has 0 saturated carbocycles. The number of halogens is 1. The van der Waals surface area contributed by atoms with Gasteiger partial charge in [-0.1, -0.05) is 15.9 Å². The molecule has 3 N–H and O–H groups in total. The quantitative estimate of drug-likeness (QED) is 0.902. The number of aryl methyl sites for hydroxylation is 1. The largest absolute Gasteiger partial charge is 0.379 e. The molecule has 0 radical (unpaired) electrons. The Balaban J connectivity index is 2.17. The Hall–Kier alpha value is -0.580. The summed E-state index contributed by atoms with van der Waals surface area (Å²) < 4.78 is 6.64. The Labute approximate surface area is 111 Å². The van der Waals surface area contributed by atoms with Crippen LogP contribution in [0.5, 0.6) is 0 Å². The molecular weight excluding hydrogens is 280 g/mol. The third-order valence-corrected chi connectivity index (χ3v) is 3.62. The van der Waals surface area contributed by atoms with Gasteiger partial charge in [-0.15, -0.1) is 0 Å². The highest BCUT2D eigenvalue weighted by Crippen LogP contribution is 2.26. The molecule has 1 saturated heterocycles. The van der Waals surface area contributed by atoms with E-state index in [0.29, 0.717) is 13.2 Å². The molecule has 2 rings (SSSR count). The summed E-state index contributed by atoms with van der Waals surface area (Å²) in [6, 6.07) is 6.31. The van der Waals surface area contributed by atoms with Gasteiger partial charge in [0.05, 0.1) is 12.1 Å². The number of hydrogen-bond acceptors (Lipinski definition) is 3. The molecule has 3 nitrogen and oxygen atoms in total. The van der Waals surface area contributed by atoms with Crippen LogP contribution in [0.2, 0.25) is 0 Å². The number of nitrogens with two attached hydrogens (primary N) is 1. The van der Waals surface area contributed by atoms with Gasteiger partial charge in [0.25, 0.3) is 0 Å². The summed E-state index contributed by atoms with van der Waals surface area (Å²) >= 11 is 3.51. The molecule has 0 aliphatic carbocycles. The summed E-state index contributed by atoms with van der Waals surface area (Å²) in [5, 5.41) is 3.55. The molecule has 0 aromatic heterocycles. The van der Waals surface area contributed by atoms with Crippen molar-refractivity contribution < 1.29 is 4.74 Å². The van der Waals surface area contributed by atoms with Gasteiger partial charge in [-0.3, -0.25) is 0 Å². The first kappa shape index (κ1) is 12.9. The van der Waals surface area contributed by atoms with Gasteiger partial charge < -0.3 is 15.8 Å². The minimum Gasteiger partial charge on any atom is -0.379 e. The summed E-state index contributed by atoms with van der Waals surface area (Å²) in [5.41, 5.74) is 8.13. The van der Waals surface area contributed by atoms with Gasteiger partial charge in [-0.25, -0.2) is 0 Å². The van der Waals surface area contributed by atoms with Crippen LogP contribution < -0.4 is 11.1 Å². The molecule has 1 aliphatic heterocycles. The van der Waals surface area contributed by atoms with E-state index in [-0.39, 0.29) is 5.54 Å². The van der Waals surface area contributed by atoms with Gasteiger partial charge >= 0.3 is 0 Å². The highest BCUT2D eigenvalue weighted by molar-refractivity contribution is 9.10. The molecule has 0 spiro atoms. The third-order valence-electron chi connectivity index (χ3n) is 3.16. The Bertz CT molecular complexity index is 369. The van der Waals surface area contributed by atoms with Crippen molar-refractivity contribution in [2.45, 2.75) is 25.3 Å². The van der Waals surface area contributed by atoms with E-state index in [0.717, 1.165) is 29.6 Å². The van der Waals surface area contributed by atoms with E-state index in [1.165, 1.54) is 5.56 Å². The number of anilines is 1. The molecule has 1 aromatic carbocycles. The molecule has 1 unspecified atom stereocenters. The summed E-state index contributed by atoms with van der Waals surface area (Å²) in [4.78, 5) is 0. The van der Waals surface area contributed by atoms with Crippen LogP contribution in [0, 0.1) is 6.92 Å². The zero-order valence-corrected chi connectivity index (χ0v) is 11.7. The van der Waals surface area contributed by atoms with Crippen LogP contribution in [0.15, 0.2) is 22.7 Å². The van der Waals surface area contributed by atoms with Crippen molar-refractivity contribution in [1.82, 2.24) is 0 Å². The smallest absolute Gasteiger partial charge is 0.0729 e. The SMILES string of the molecule is Cc1cc(Br)cc(NC2(CN)CCCOC2)c1. The normalized spacial score (nSPS) is 24.6. The lowest BCUT2D eigenvalue weighted by Crippen LogP contribution is -2.51. The molecule has 0 bridgehead atoms. The fourth-order valence-electron chi connectivity index (χ4n) is 2.28. The standard InChI is InChI=1S/C13H19BrN2O/c1-10-5-11(14)7-12(6-10)16-13(8-15)3-2-4-17-9-13/h5-7,16H,2-4,8-9,15H2,1H3. The topological polar surface area (TPSA) is 47.3 Å². The molecule has 94 valence electrons. The molecule has 1 atom stereocenters. The van der Waals surface area contributed by atoms with Crippen molar-refractivity contribution in [2.75, 3.05) is 25.1 Å². The summed E-state index contributed by atoms with van der Waals surface area (Å²) in [7, 11) is 0. The van der Waals surface area contributed by atoms with Crippen molar-refractivity contribution in [1.29, 1.82) is 0 Å². The number of ether oxygens (including phenoxy) is 1. The second kappa shape index (κ2) is 5.38. The van der Waals surface area contributed by atoms with E-state index < -0.39 is 0 Å². The highest BCUT2D eigenvalue weighted by atomic mass is 79.9. The number of hydrogen-bond donors (Lipinski definition) is 2. The Morgan fingerprint density at radius 2 is 2.29 bits per heavy atom. The Morgan fingerprint density at radius 3 is 2.88 bits per heavy atom. The summed E-state index contributed by atoms with van der Waals surface area (Å²) in [6.07, 6.45) is 2.13. The Kier molecular flexibility index (Phi) is 4.07. The van der Waals surface area contributed by atoms with Crippen molar-refractivity contribution in [3.8, 4) is 0 Å². The first-order chi connectivity index (χ1) is 8.13. The average molecular weight is 299 g/mol. The maximum Gasteiger partial charge on any atom is 0.0729 e. The zero-order chi connectivity index (χ0) is 12.3. The van der Waals surface area contributed by atoms with E-state index in [9.17, 15) is 0 Å². The van der Waals surface area contributed by atoms with Gasteiger partial charge in [0.1, 0.15) is 0 Å². The van der Waals surface area contributed by atoms with Crippen molar-refractivity contribution in [3.63, 3.8) is 0 Å². The Morgan fingerprint density at radius 1 is 1.47 bits per heavy atom. The summed E-state index contributed by atoms with van der Waals surface area (Å²) in [6.45, 7) is 4.22. The molecular formula is C13H19BrN2O. The minimum atomic E-state index is -0.106. The molecule has 4 heteroatoms. The number of benzene rings is 1. The lowest BCUT2D eigenvalue weighted by molar-refractivity contribution is 0.0502. The van der Waals surface area contributed by atoms with Gasteiger partial charge in [0.2, 0.25) is 0 Å². The lowest BCUT2D eigenvalue weighted by Gasteiger charge is -2.37. The predicted octanol–water partition coefficient (Wildman–Crippen LogP) is 2.68. The fourth-order valence-corrected chi connectivity index (χ4v) is 2.89. The maximum absolute atomic E-state index is 5.91. The van der Waals surface area contributed by atoms with Crippen LogP contribution in [0.3, 0.4) is 0 Å². The van der Waals surface area contributed by atoms with Crippen molar-refractivity contribution >= 4 is 21.6 Å². The van der Waals surface area contributed by atoms with E-state index in [1.807, 2.05) is 0 Å². The number of rotatable bonds is 3. The minimum absolute atomic E-state index is 0.106. The maximum atomic E-state index is 5.91. The first-order valence-corrected chi connectivity index (χ1v) is 6.76. The third kappa shape index (κ3) is 3.21. The van der Waals surface area contributed by atoms with Crippen molar-refractivity contribution in [3.05, 3.63) is 28.2 Å². The van der Waals surface area contributed by atoms with Gasteiger partial charge in [-0.05, 0) is 43.5 Å². The second-order valence-electron chi connectivity index (χ2n) is 4.78.